The minimum Gasteiger partial charge on any atom is -0.350 e. The largest absolute Gasteiger partial charge is 0.350 e. The lowest BCUT2D eigenvalue weighted by atomic mass is 10.1. The summed E-state index contributed by atoms with van der Waals surface area (Å²) in [6.07, 6.45) is 0. The minimum absolute atomic E-state index is 0.0475. The maximum Gasteiger partial charge on any atom is 0.237 e. The number of carbonyl (C=O) groups excluding carboxylic acids is 1. The first-order valence-electron chi connectivity index (χ1n) is 6.18. The second kappa shape index (κ2) is 6.48. The Morgan fingerprint density at radius 2 is 2.05 bits per heavy atom. The molecule has 1 atom stereocenters. The highest BCUT2D eigenvalue weighted by Crippen LogP contribution is 2.16. The molecule has 1 amide bonds. The Morgan fingerprint density at radius 1 is 1.42 bits per heavy atom. The lowest BCUT2D eigenvalue weighted by Gasteiger charge is -2.23. The van der Waals surface area contributed by atoms with E-state index < -0.39 is 0 Å². The van der Waals surface area contributed by atoms with Gasteiger partial charge in [0.1, 0.15) is 5.82 Å². The average Bonchev–Trinajstić information content (AvgIpc) is 2.28. The zero-order valence-electron chi connectivity index (χ0n) is 11.7. The smallest absolute Gasteiger partial charge is 0.237 e. The molecule has 0 radical (unpaired) electrons. The van der Waals surface area contributed by atoms with Gasteiger partial charge in [-0.2, -0.15) is 0 Å². The van der Waals surface area contributed by atoms with Crippen LogP contribution in [0.5, 0.6) is 0 Å². The van der Waals surface area contributed by atoms with E-state index >= 15 is 0 Å². The Labute approximate surface area is 122 Å². The highest BCUT2D eigenvalue weighted by Gasteiger charge is 2.18. The minimum atomic E-state index is -0.303. The van der Waals surface area contributed by atoms with Gasteiger partial charge in [0, 0.05) is 12.1 Å². The van der Waals surface area contributed by atoms with Crippen molar-refractivity contribution < 1.29 is 9.18 Å². The Hall–Kier alpha value is -0.940. The molecule has 1 aromatic carbocycles. The van der Waals surface area contributed by atoms with Crippen molar-refractivity contribution in [3.63, 3.8) is 0 Å². The fraction of sp³-hybridized carbons (Fsp3) is 0.500. The van der Waals surface area contributed by atoms with Gasteiger partial charge in [-0.15, -0.1) is 0 Å². The maximum absolute atomic E-state index is 13.1. The first kappa shape index (κ1) is 16.1. The van der Waals surface area contributed by atoms with E-state index in [1.807, 2.05) is 20.8 Å². The van der Waals surface area contributed by atoms with Gasteiger partial charge in [-0.25, -0.2) is 4.39 Å². The number of benzene rings is 1. The number of hydrogen-bond acceptors (Lipinski definition) is 2. The van der Waals surface area contributed by atoms with E-state index in [0.717, 1.165) is 5.56 Å². The molecule has 0 bridgehead atoms. The molecule has 0 fully saturated rings. The van der Waals surface area contributed by atoms with Crippen LogP contribution in [0, 0.1) is 5.82 Å². The summed E-state index contributed by atoms with van der Waals surface area (Å²) < 4.78 is 13.5. The quantitative estimate of drug-likeness (QED) is 0.891. The molecule has 0 aromatic heterocycles. The third-order valence-electron chi connectivity index (χ3n) is 2.49. The van der Waals surface area contributed by atoms with Crippen LogP contribution in [-0.4, -0.2) is 17.5 Å². The molecule has 0 heterocycles. The van der Waals surface area contributed by atoms with Crippen LogP contribution >= 0.6 is 15.9 Å². The Balaban J connectivity index is 2.52. The van der Waals surface area contributed by atoms with Crippen LogP contribution in [-0.2, 0) is 11.3 Å². The summed E-state index contributed by atoms with van der Waals surface area (Å²) in [5.74, 6) is -0.337. The predicted molar refractivity (Wildman–Crippen MR) is 78.3 cm³/mol. The van der Waals surface area contributed by atoms with Gasteiger partial charge in [-0.05, 0) is 61.3 Å². The van der Waals surface area contributed by atoms with Crippen molar-refractivity contribution in [2.45, 2.75) is 45.8 Å². The highest BCUT2D eigenvalue weighted by atomic mass is 79.9. The van der Waals surface area contributed by atoms with Crippen LogP contribution < -0.4 is 10.6 Å². The van der Waals surface area contributed by atoms with Crippen LogP contribution in [0.15, 0.2) is 22.7 Å². The van der Waals surface area contributed by atoms with E-state index in [9.17, 15) is 9.18 Å². The molecule has 19 heavy (non-hydrogen) atoms. The van der Waals surface area contributed by atoms with E-state index in [1.165, 1.54) is 6.07 Å². The van der Waals surface area contributed by atoms with E-state index in [4.69, 9.17) is 0 Å². The van der Waals surface area contributed by atoms with Crippen LogP contribution in [0.2, 0.25) is 0 Å². The highest BCUT2D eigenvalue weighted by molar-refractivity contribution is 9.10. The molecular formula is C14H20BrFN2O. The summed E-state index contributed by atoms with van der Waals surface area (Å²) in [4.78, 5) is 11.9. The predicted octanol–water partition coefficient (Wildman–Crippen LogP) is 2.98. The zero-order valence-corrected chi connectivity index (χ0v) is 13.3. The molecule has 0 saturated heterocycles. The fourth-order valence-corrected chi connectivity index (χ4v) is 1.92. The van der Waals surface area contributed by atoms with Gasteiger partial charge in [-0.3, -0.25) is 4.79 Å². The first-order valence-corrected chi connectivity index (χ1v) is 6.97. The van der Waals surface area contributed by atoms with Crippen molar-refractivity contribution in [3.8, 4) is 0 Å². The summed E-state index contributed by atoms with van der Waals surface area (Å²) in [7, 11) is 0. The fourth-order valence-electron chi connectivity index (χ4n) is 1.49. The third kappa shape index (κ3) is 5.70. The number of hydrogen-bond donors (Lipinski definition) is 2. The standard InChI is InChI=1S/C14H20BrFN2O/c1-9(13(19)18-14(2,3)4)17-8-10-5-6-12(16)11(15)7-10/h5-7,9,17H,8H2,1-4H3,(H,18,19). The Kier molecular flexibility index (Phi) is 5.50. The second-order valence-corrected chi connectivity index (χ2v) is 6.44. The number of nitrogens with one attached hydrogen (secondary N) is 2. The number of halogens is 2. The number of carbonyl (C=O) groups is 1. The van der Waals surface area contributed by atoms with Crippen molar-refractivity contribution >= 4 is 21.8 Å². The lowest BCUT2D eigenvalue weighted by molar-refractivity contribution is -0.124. The summed E-state index contributed by atoms with van der Waals surface area (Å²) in [6.45, 7) is 8.13. The molecule has 5 heteroatoms. The summed E-state index contributed by atoms with van der Waals surface area (Å²) in [6, 6.07) is 4.50. The van der Waals surface area contributed by atoms with Gasteiger partial charge >= 0.3 is 0 Å². The van der Waals surface area contributed by atoms with Crippen molar-refractivity contribution in [1.29, 1.82) is 0 Å². The molecule has 1 aromatic rings. The zero-order chi connectivity index (χ0) is 14.6. The molecule has 1 rings (SSSR count). The summed E-state index contributed by atoms with van der Waals surface area (Å²) in [5.41, 5.74) is 0.676. The van der Waals surface area contributed by atoms with Crippen LogP contribution in [0.25, 0.3) is 0 Å². The van der Waals surface area contributed by atoms with E-state index in [0.29, 0.717) is 11.0 Å². The molecular weight excluding hydrogens is 311 g/mol. The van der Waals surface area contributed by atoms with E-state index in [1.54, 1.807) is 19.1 Å². The van der Waals surface area contributed by atoms with Crippen molar-refractivity contribution in [1.82, 2.24) is 10.6 Å². The second-order valence-electron chi connectivity index (χ2n) is 5.59. The molecule has 0 aliphatic heterocycles. The molecule has 0 saturated carbocycles. The van der Waals surface area contributed by atoms with Crippen molar-refractivity contribution in [3.05, 3.63) is 34.1 Å². The van der Waals surface area contributed by atoms with Crippen LogP contribution in [0.1, 0.15) is 33.3 Å². The van der Waals surface area contributed by atoms with Crippen molar-refractivity contribution in [2.24, 2.45) is 0 Å². The van der Waals surface area contributed by atoms with Gasteiger partial charge in [0.2, 0.25) is 5.91 Å². The molecule has 1 unspecified atom stereocenters. The molecule has 106 valence electrons. The summed E-state index contributed by atoms with van der Waals surface area (Å²) >= 11 is 3.14. The molecule has 0 aliphatic carbocycles. The van der Waals surface area contributed by atoms with Crippen LogP contribution in [0.4, 0.5) is 4.39 Å². The molecule has 0 spiro atoms. The van der Waals surface area contributed by atoms with Crippen molar-refractivity contribution in [2.75, 3.05) is 0 Å². The van der Waals surface area contributed by atoms with Gasteiger partial charge in [0.25, 0.3) is 0 Å². The first-order chi connectivity index (χ1) is 8.69. The van der Waals surface area contributed by atoms with Gasteiger partial charge in [0.05, 0.1) is 10.5 Å². The average molecular weight is 331 g/mol. The van der Waals surface area contributed by atoms with Gasteiger partial charge < -0.3 is 10.6 Å². The number of rotatable bonds is 4. The van der Waals surface area contributed by atoms with E-state index in [2.05, 4.69) is 26.6 Å². The summed E-state index contributed by atoms with van der Waals surface area (Å²) in [5, 5.41) is 6.02. The maximum atomic E-state index is 13.1. The molecule has 2 N–H and O–H groups in total. The van der Waals surface area contributed by atoms with Crippen LogP contribution in [0.3, 0.4) is 0 Å². The lowest BCUT2D eigenvalue weighted by Crippen LogP contribution is -2.49. The van der Waals surface area contributed by atoms with Gasteiger partial charge in [-0.1, -0.05) is 6.07 Å². The Bertz CT molecular complexity index is 457. The Morgan fingerprint density at radius 3 is 2.58 bits per heavy atom. The monoisotopic (exact) mass is 330 g/mol. The topological polar surface area (TPSA) is 41.1 Å². The SMILES string of the molecule is CC(NCc1ccc(F)c(Br)c1)C(=O)NC(C)(C)C. The number of amides is 1. The molecule has 3 nitrogen and oxygen atoms in total. The molecule has 0 aliphatic rings. The third-order valence-corrected chi connectivity index (χ3v) is 3.10. The normalized spacial score (nSPS) is 13.2. The van der Waals surface area contributed by atoms with Gasteiger partial charge in [0.15, 0.2) is 0 Å². The van der Waals surface area contributed by atoms with E-state index in [-0.39, 0.29) is 23.3 Å².